The van der Waals surface area contributed by atoms with E-state index >= 15 is 0 Å². The quantitative estimate of drug-likeness (QED) is 0.633. The van der Waals surface area contributed by atoms with Crippen LogP contribution >= 0.6 is 0 Å². The predicted octanol–water partition coefficient (Wildman–Crippen LogP) is 1.32. The number of hydrogen-bond acceptors (Lipinski definition) is 5. The van der Waals surface area contributed by atoms with Crippen LogP contribution in [0.15, 0.2) is 41.7 Å². The van der Waals surface area contributed by atoms with Crippen molar-refractivity contribution in [3.05, 3.63) is 41.7 Å². The molecule has 1 aromatic rings. The average molecular weight is 431 g/mol. The molecule has 0 aliphatic carbocycles. The first-order valence-corrected chi connectivity index (χ1v) is 13.8. The molecule has 0 unspecified atom stereocenters. The van der Waals surface area contributed by atoms with Crippen molar-refractivity contribution in [2.75, 3.05) is 66.5 Å². The van der Waals surface area contributed by atoms with Crippen LogP contribution in [0, 0.1) is 0 Å². The molecule has 160 valence electrons. The van der Waals surface area contributed by atoms with Gasteiger partial charge in [0, 0.05) is 58.0 Å². The monoisotopic (exact) mass is 430 g/mol. The van der Waals surface area contributed by atoms with Gasteiger partial charge in [0.05, 0.1) is 0 Å². The number of likely N-dealkylation sites (N-methyl/N-ethyl adjacent to an activating group) is 2. The summed E-state index contributed by atoms with van der Waals surface area (Å²) in [6.07, 6.45) is 0. The molecule has 2 aliphatic rings. The normalized spacial score (nSPS) is 21.8. The summed E-state index contributed by atoms with van der Waals surface area (Å²) in [6, 6.07) is 11.3. The van der Waals surface area contributed by atoms with Gasteiger partial charge in [0.25, 0.3) is 18.2 Å². The van der Waals surface area contributed by atoms with Gasteiger partial charge in [-0.3, -0.25) is 0 Å². The molecule has 5 nitrogen and oxygen atoms in total. The molecular formula is C22H38N4OSi2. The van der Waals surface area contributed by atoms with Crippen LogP contribution in [-0.4, -0.2) is 109 Å². The Kier molecular flexibility index (Phi) is 7.89. The minimum absolute atomic E-state index is 0.0958. The molecular weight excluding hydrogens is 392 g/mol. The summed E-state index contributed by atoms with van der Waals surface area (Å²) in [5, 5.41) is 1.51. The highest BCUT2D eigenvalue weighted by Crippen LogP contribution is 2.22. The van der Waals surface area contributed by atoms with Gasteiger partial charge in [-0.2, -0.15) is 0 Å². The molecule has 7 heteroatoms. The van der Waals surface area contributed by atoms with E-state index in [2.05, 4.69) is 95.5 Å². The van der Waals surface area contributed by atoms with E-state index < -0.39 is 8.40 Å². The van der Waals surface area contributed by atoms with Gasteiger partial charge in [-0.25, -0.2) is 0 Å². The molecule has 0 spiro atoms. The summed E-state index contributed by atoms with van der Waals surface area (Å²) in [6.45, 7) is 15.5. The van der Waals surface area contributed by atoms with E-state index in [1.54, 1.807) is 0 Å². The molecule has 0 aromatic heterocycles. The van der Waals surface area contributed by atoms with Crippen LogP contribution < -0.4 is 5.19 Å². The van der Waals surface area contributed by atoms with Gasteiger partial charge in [0.1, 0.15) is 0 Å². The van der Waals surface area contributed by atoms with Gasteiger partial charge in [0.15, 0.2) is 0 Å². The van der Waals surface area contributed by atoms with Crippen LogP contribution in [0.2, 0.25) is 0 Å². The fourth-order valence-electron chi connectivity index (χ4n) is 4.21. The zero-order chi connectivity index (χ0) is 20.9. The van der Waals surface area contributed by atoms with Crippen LogP contribution in [0.4, 0.5) is 0 Å². The van der Waals surface area contributed by atoms with E-state index in [-0.39, 0.29) is 5.60 Å². The first-order valence-electron chi connectivity index (χ1n) is 10.9. The van der Waals surface area contributed by atoms with Crippen molar-refractivity contribution in [3.63, 3.8) is 0 Å². The highest BCUT2D eigenvalue weighted by atomic mass is 28.3. The largest absolute Gasteiger partial charge is 0.407 e. The molecule has 2 fully saturated rings. The third-order valence-corrected chi connectivity index (χ3v) is 11.9. The molecule has 0 amide bonds. The Hall–Kier alpha value is -0.806. The van der Waals surface area contributed by atoms with Crippen molar-refractivity contribution < 1.29 is 4.43 Å². The number of nitrogens with zero attached hydrogens (tertiary/aromatic N) is 4. The van der Waals surface area contributed by atoms with Crippen LogP contribution in [0.5, 0.6) is 0 Å². The summed E-state index contributed by atoms with van der Waals surface area (Å²) >= 11 is 0. The Morgan fingerprint density at radius 3 is 1.76 bits per heavy atom. The Balaban J connectivity index is 1.97. The van der Waals surface area contributed by atoms with Gasteiger partial charge in [-0.15, -0.1) is 0 Å². The maximum atomic E-state index is 6.08. The van der Waals surface area contributed by atoms with Crippen molar-refractivity contribution in [3.8, 4) is 0 Å². The summed E-state index contributed by atoms with van der Waals surface area (Å²) in [5.74, 6) is 0. The zero-order valence-electron chi connectivity index (χ0n) is 18.9. The molecule has 0 atom stereocenters. The Morgan fingerprint density at radius 1 is 0.828 bits per heavy atom. The van der Waals surface area contributed by atoms with Gasteiger partial charge in [-0.05, 0) is 40.1 Å². The first-order chi connectivity index (χ1) is 13.8. The molecule has 3 rings (SSSR count). The van der Waals surface area contributed by atoms with E-state index in [9.17, 15) is 0 Å². The van der Waals surface area contributed by atoms with Crippen molar-refractivity contribution >= 4 is 23.3 Å². The molecule has 2 heterocycles. The lowest BCUT2D eigenvalue weighted by atomic mass is 10.2. The molecule has 0 bridgehead atoms. The van der Waals surface area contributed by atoms with E-state index in [0.717, 1.165) is 52.4 Å². The lowest BCUT2D eigenvalue weighted by molar-refractivity contribution is 0.141. The molecule has 2 saturated heterocycles. The maximum Gasteiger partial charge on any atom is 0.265 e. The van der Waals surface area contributed by atoms with Crippen molar-refractivity contribution in [2.45, 2.75) is 26.4 Å². The lowest BCUT2D eigenvalue weighted by Crippen LogP contribution is -2.76. The van der Waals surface area contributed by atoms with Crippen LogP contribution in [-0.2, 0) is 4.43 Å². The Bertz CT molecular complexity index is 627. The fraction of sp³-hybridized carbons (Fsp3) is 0.636. The number of benzene rings is 1. The summed E-state index contributed by atoms with van der Waals surface area (Å²) in [4.78, 5) is 4.91. The first kappa shape index (κ1) is 22.9. The van der Waals surface area contributed by atoms with E-state index in [1.165, 1.54) is 5.19 Å². The fourth-order valence-corrected chi connectivity index (χ4v) is 10.0. The van der Waals surface area contributed by atoms with E-state index in [1.807, 2.05) is 0 Å². The van der Waals surface area contributed by atoms with Crippen molar-refractivity contribution in [2.24, 2.45) is 0 Å². The molecule has 29 heavy (non-hydrogen) atoms. The second kappa shape index (κ2) is 10.0. The van der Waals surface area contributed by atoms with Crippen molar-refractivity contribution in [1.29, 1.82) is 0 Å². The van der Waals surface area contributed by atoms with Gasteiger partial charge < -0.3 is 23.4 Å². The highest BCUT2D eigenvalue weighted by Gasteiger charge is 2.46. The lowest BCUT2D eigenvalue weighted by Gasteiger charge is -2.52. The van der Waals surface area contributed by atoms with E-state index in [4.69, 9.17) is 4.43 Å². The topological polar surface area (TPSA) is 22.2 Å². The Labute approximate surface area is 181 Å². The predicted molar refractivity (Wildman–Crippen MR) is 126 cm³/mol. The summed E-state index contributed by atoms with van der Waals surface area (Å²) in [7, 11) is 2.72. The minimum Gasteiger partial charge on any atom is -0.407 e. The maximum absolute atomic E-state index is 6.08. The summed E-state index contributed by atoms with van der Waals surface area (Å²) in [5.41, 5.74) is 4.81. The van der Waals surface area contributed by atoms with Crippen LogP contribution in [0.1, 0.15) is 20.8 Å². The smallest absolute Gasteiger partial charge is 0.265 e. The second-order valence-electron chi connectivity index (χ2n) is 9.34. The SMILES string of the molecule is CN1CCN([Si](/C=C/[Si]OC(C)(C)C)(c2ccccc2)N2CCN(C)CC2)CC1. The molecule has 0 N–H and O–H groups in total. The number of hydrogen-bond donors (Lipinski definition) is 0. The van der Waals surface area contributed by atoms with Crippen LogP contribution in [0.25, 0.3) is 0 Å². The minimum atomic E-state index is -2.17. The van der Waals surface area contributed by atoms with Gasteiger partial charge in [-0.1, -0.05) is 41.7 Å². The third kappa shape index (κ3) is 5.88. The standard InChI is InChI=1S/C22H38N4OSi2/c1-22(2,3)27-28-19-20-29(21-9-7-6-8-10-21,25-15-11-23(4)12-16-25)26-17-13-24(5)14-18-26/h6-10,19-20H,11-18H2,1-5H3/b20-19+. The van der Waals surface area contributed by atoms with Crippen molar-refractivity contribution in [1.82, 2.24) is 18.9 Å². The average Bonchev–Trinajstić information content (AvgIpc) is 2.70. The number of rotatable bonds is 6. The number of piperazine rings is 2. The third-order valence-electron chi connectivity index (χ3n) is 5.92. The van der Waals surface area contributed by atoms with Crippen LogP contribution in [0.3, 0.4) is 0 Å². The highest BCUT2D eigenvalue weighted by molar-refractivity contribution is 6.91. The Morgan fingerprint density at radius 2 is 1.31 bits per heavy atom. The molecule has 0 saturated carbocycles. The molecule has 2 aliphatic heterocycles. The van der Waals surface area contributed by atoms with E-state index in [0.29, 0.717) is 9.76 Å². The molecule has 2 radical (unpaired) electrons. The van der Waals surface area contributed by atoms with Gasteiger partial charge in [0.2, 0.25) is 0 Å². The molecule has 1 aromatic carbocycles. The zero-order valence-corrected chi connectivity index (χ0v) is 20.9. The second-order valence-corrected chi connectivity index (χ2v) is 13.7. The van der Waals surface area contributed by atoms with Gasteiger partial charge >= 0.3 is 0 Å². The summed E-state index contributed by atoms with van der Waals surface area (Å²) < 4.78 is 11.7.